The number of nitrogens with zero attached hydrogens (tertiary/aromatic N) is 1. The number of hydrogen-bond donors (Lipinski definition) is 5. The van der Waals surface area contributed by atoms with Crippen LogP contribution < -0.4 is 5.32 Å². The quantitative estimate of drug-likeness (QED) is 0.0209. The smallest absolute Gasteiger partial charge is 0.407 e. The van der Waals surface area contributed by atoms with Gasteiger partial charge < -0.3 is 87.3 Å². The molecule has 6 heterocycles. The first kappa shape index (κ1) is 72.7. The summed E-state index contributed by atoms with van der Waals surface area (Å²) in [6.45, 7) is 23.3. The number of aliphatic hydroxyl groups is 4. The maximum atomic E-state index is 15.6. The van der Waals surface area contributed by atoms with E-state index in [0.29, 0.717) is 49.5 Å². The van der Waals surface area contributed by atoms with E-state index in [4.69, 9.17) is 61.6 Å². The van der Waals surface area contributed by atoms with Crippen molar-refractivity contribution in [2.24, 2.45) is 46.8 Å². The third-order valence-corrected chi connectivity index (χ3v) is 22.1. The number of allylic oxidation sites excluding steroid dienone is 3. The maximum absolute atomic E-state index is 15.6. The molecule has 530 valence electrons. The molecule has 1 amide bonds. The number of hydrogen-bond acceptors (Lipinski definition) is 24. The number of amides is 1. The summed E-state index contributed by atoms with van der Waals surface area (Å²) in [4.78, 5) is 81.3. The zero-order valence-corrected chi connectivity index (χ0v) is 57.0. The van der Waals surface area contributed by atoms with Crippen LogP contribution in [0, 0.1) is 57.0 Å². The molecule has 1 saturated carbocycles. The number of aldehydes is 1. The summed E-state index contributed by atoms with van der Waals surface area (Å²) in [7, 11) is 1.15. The van der Waals surface area contributed by atoms with E-state index < -0.39 is 216 Å². The predicted molar refractivity (Wildman–Crippen MR) is 334 cm³/mol. The lowest BCUT2D eigenvalue weighted by atomic mass is 9.49. The van der Waals surface area contributed by atoms with Gasteiger partial charge >= 0.3 is 18.0 Å². The first-order valence-electron chi connectivity index (χ1n) is 34.0. The van der Waals surface area contributed by atoms with Gasteiger partial charge in [-0.1, -0.05) is 64.5 Å². The third kappa shape index (κ3) is 14.4. The fraction of sp³-hybridized carbons (Fsp3) is 0.783. The molecule has 0 aromatic rings. The number of ether oxygens (including phenoxy) is 13. The van der Waals surface area contributed by atoms with Crippen LogP contribution in [0.3, 0.4) is 0 Å². The van der Waals surface area contributed by atoms with Gasteiger partial charge in [-0.3, -0.25) is 24.5 Å². The number of fused-ring (bicyclic) bond motifs is 4. The summed E-state index contributed by atoms with van der Waals surface area (Å²) in [5.74, 6) is -6.86. The lowest BCUT2D eigenvalue weighted by molar-refractivity contribution is -0.584. The van der Waals surface area contributed by atoms with E-state index in [-0.39, 0.29) is 43.1 Å². The van der Waals surface area contributed by atoms with E-state index in [2.05, 4.69) is 25.2 Å². The number of carbonyl (C=O) groups is 5. The molecule has 10 aliphatic rings. The van der Waals surface area contributed by atoms with Crippen molar-refractivity contribution in [2.45, 2.75) is 288 Å². The highest BCUT2D eigenvalue weighted by atomic mass is 16.8. The molecule has 2 bridgehead atoms. The van der Waals surface area contributed by atoms with Gasteiger partial charge in [0.25, 0.3) is 0 Å². The van der Waals surface area contributed by atoms with E-state index in [1.165, 1.54) is 13.0 Å². The van der Waals surface area contributed by atoms with E-state index >= 15 is 4.79 Å². The van der Waals surface area contributed by atoms with Crippen molar-refractivity contribution in [3.63, 3.8) is 0 Å². The van der Waals surface area contributed by atoms with E-state index in [0.717, 1.165) is 7.11 Å². The highest BCUT2D eigenvalue weighted by molar-refractivity contribution is 6.26. The van der Waals surface area contributed by atoms with Gasteiger partial charge in [-0.2, -0.15) is 0 Å². The van der Waals surface area contributed by atoms with Crippen molar-refractivity contribution >= 4 is 30.1 Å². The Morgan fingerprint density at radius 1 is 0.726 bits per heavy atom. The summed E-state index contributed by atoms with van der Waals surface area (Å²) >= 11 is 0. The van der Waals surface area contributed by atoms with Crippen LogP contribution in [0.25, 0.3) is 0 Å². The summed E-state index contributed by atoms with van der Waals surface area (Å²) in [5.41, 5.74) is -4.92. The molecule has 7 fully saturated rings. The zero-order chi connectivity index (χ0) is 69.1. The molecular weight excluding hydrogens is 1240 g/mol. The molecule has 26 heteroatoms. The molecule has 4 aliphatic carbocycles. The van der Waals surface area contributed by atoms with Gasteiger partial charge in [0, 0.05) is 61.2 Å². The first-order valence-corrected chi connectivity index (χ1v) is 34.0. The Balaban J connectivity index is 0.914. The Labute approximate surface area is 555 Å². The SMILES string of the molecule is COC(=O)N[C@H]1[C@@H](C)O[C@@H](O[C@H]2C/C=C(\C)[C@@H]3C=C[C@@H]4[C@@H](O[C@@H]5C[C@@H](O[C@H]6CC[C@@H](O[C@@H]7C[C@@H](O)[C@@H](O[C@H]8CC[C@@H](O)[C@H](C)O8)[C@H](C)O7)[C@H](C)O6)[C@@H](OC(=O)C(C)C)[C@H](C)O5)[C@@H](C)C[C@H](C)[C@H]4[C@]3(C)C(O)=C3C(=O)O[C@]4(CC(C=O)=C[C@H](O)[C@H]4/C=C/2C)C3=O)C[C@]1(C)[N+](=O)[O-]. The molecule has 0 unspecified atom stereocenters. The first-order chi connectivity index (χ1) is 44.8. The lowest BCUT2D eigenvalue weighted by Gasteiger charge is -2.56. The second-order valence-corrected chi connectivity index (χ2v) is 29.2. The van der Waals surface area contributed by atoms with Gasteiger partial charge in [0.05, 0.1) is 92.5 Å². The Morgan fingerprint density at radius 3 is 2.01 bits per heavy atom. The maximum Gasteiger partial charge on any atom is 0.407 e. The van der Waals surface area contributed by atoms with Crippen molar-refractivity contribution in [3.8, 4) is 0 Å². The van der Waals surface area contributed by atoms with Gasteiger partial charge in [0.2, 0.25) is 11.3 Å². The van der Waals surface area contributed by atoms with E-state index in [1.807, 2.05) is 39.8 Å². The topological polar surface area (TPSA) is 341 Å². The highest BCUT2D eigenvalue weighted by Gasteiger charge is 2.65. The Hall–Kier alpha value is -5.07. The average Bonchev–Trinajstić information content (AvgIpc) is 1.52. The molecule has 5 N–H and O–H groups in total. The molecule has 0 radical (unpaired) electrons. The molecule has 95 heavy (non-hydrogen) atoms. The van der Waals surface area contributed by atoms with Crippen LogP contribution in [0.15, 0.2) is 58.4 Å². The van der Waals surface area contributed by atoms with Crippen LogP contribution >= 0.6 is 0 Å². The Morgan fingerprint density at radius 2 is 1.36 bits per heavy atom. The van der Waals surface area contributed by atoms with E-state index in [1.54, 1.807) is 47.6 Å². The molecule has 29 atom stereocenters. The number of methoxy groups -OCH3 is 1. The molecular formula is C69H100N2O24. The van der Waals surface area contributed by atoms with Crippen LogP contribution in [-0.4, -0.2) is 197 Å². The molecule has 10 rings (SSSR count). The van der Waals surface area contributed by atoms with Gasteiger partial charge in [0.15, 0.2) is 43.2 Å². The van der Waals surface area contributed by atoms with Crippen molar-refractivity contribution in [3.05, 3.63) is 68.5 Å². The average molecular weight is 1340 g/mol. The van der Waals surface area contributed by atoms with Gasteiger partial charge in [-0.25, -0.2) is 9.59 Å². The van der Waals surface area contributed by atoms with Crippen molar-refractivity contribution in [1.29, 1.82) is 0 Å². The summed E-state index contributed by atoms with van der Waals surface area (Å²) in [5, 5.41) is 62.1. The van der Waals surface area contributed by atoms with Crippen LogP contribution in [0.5, 0.6) is 0 Å². The summed E-state index contributed by atoms with van der Waals surface area (Å²) in [6.07, 6.45) is -4.28. The minimum absolute atomic E-state index is 0.00174. The van der Waals surface area contributed by atoms with Crippen molar-refractivity contribution in [2.75, 3.05) is 7.11 Å². The second-order valence-electron chi connectivity index (χ2n) is 29.2. The normalized spacial score (nSPS) is 46.7. The van der Waals surface area contributed by atoms with Crippen LogP contribution in [0.4, 0.5) is 4.79 Å². The van der Waals surface area contributed by atoms with E-state index in [9.17, 15) is 49.7 Å². The third-order valence-electron chi connectivity index (χ3n) is 22.1. The number of carbonyl (C=O) groups excluding carboxylic acids is 5. The van der Waals surface area contributed by atoms with Gasteiger partial charge in [0.1, 0.15) is 35.9 Å². The largest absolute Gasteiger partial charge is 0.511 e. The molecule has 26 nitrogen and oxygen atoms in total. The summed E-state index contributed by atoms with van der Waals surface area (Å²) in [6, 6.07) is -1.13. The number of Topliss-reactive ketones (excluding diaryl/α,β-unsaturated/α-hetero) is 1. The molecule has 0 aromatic heterocycles. The fourth-order valence-corrected chi connectivity index (χ4v) is 17.0. The van der Waals surface area contributed by atoms with Gasteiger partial charge in [-0.15, -0.1) is 0 Å². The zero-order valence-electron chi connectivity index (χ0n) is 57.0. The number of ketones is 1. The minimum Gasteiger partial charge on any atom is -0.511 e. The number of nitro groups is 1. The fourth-order valence-electron chi connectivity index (χ4n) is 17.0. The molecule has 6 saturated heterocycles. The minimum atomic E-state index is -2.20. The number of aliphatic hydroxyl groups excluding tert-OH is 4. The molecule has 0 aromatic carbocycles. The lowest BCUT2D eigenvalue weighted by Crippen LogP contribution is -2.65. The molecule has 6 aliphatic heterocycles. The highest BCUT2D eigenvalue weighted by Crippen LogP contribution is 2.61. The van der Waals surface area contributed by atoms with Crippen molar-refractivity contribution in [1.82, 2.24) is 5.32 Å². The number of rotatable bonds is 15. The number of nitrogens with one attached hydrogen (secondary N) is 1. The molecule has 1 spiro atoms. The van der Waals surface area contributed by atoms with Crippen LogP contribution in [0.2, 0.25) is 0 Å². The Bertz CT molecular complexity index is 3010. The number of alkyl carbamates (subject to hydrolysis) is 1. The Kier molecular flexibility index (Phi) is 22.2. The summed E-state index contributed by atoms with van der Waals surface area (Å²) < 4.78 is 82.1. The van der Waals surface area contributed by atoms with Crippen LogP contribution in [0.1, 0.15) is 154 Å². The van der Waals surface area contributed by atoms with Gasteiger partial charge in [-0.05, 0) is 109 Å². The monoisotopic (exact) mass is 1340 g/mol. The number of esters is 2. The van der Waals surface area contributed by atoms with Crippen molar-refractivity contribution < 1.29 is 111 Å². The van der Waals surface area contributed by atoms with Crippen LogP contribution in [-0.2, 0) is 80.8 Å². The standard InChI is InChI=1S/C69H100N2O24/c1-31(2)64(78)94-60-39(10)87-54(27-50(60)91-51-22-20-49(37(8)85-51)90-53-26-47(75)59(38(9)86-53)92-52-21-18-45(73)36(7)84-52)93-58-35(6)23-34(5)57-42(58)16-17-43-32(3)15-19-48(89-55-29-67(12,71(81)82)61(40(11)88-55)70-66(80)83-14)33(4)24-44-46(74)25-41(30-72)28-69(44)63(77)56(65(79)95-69)62(76)68(43,57)13/h15-17,24-25,30-31,34-40,42-55,57-61,73-76H,18-23,26-29H2,1-14H3,(H,70,80)/b32-15+,33-24+,62-56?/t34-,35-,36-,37-,38-,39-,40+,42-,43-,44+,45+,46-,47+,48-,49+,50+,51-,52-,53+,54+,55-,57+,58-,59-,60-,61-,67-,68+,69-/m0/s1. The predicted octanol–water partition coefficient (Wildman–Crippen LogP) is 7.00. The second kappa shape index (κ2) is 29.0.